The lowest BCUT2D eigenvalue weighted by atomic mass is 9.85. The molecular formula is C32H37N3O8S. The summed E-state index contributed by atoms with van der Waals surface area (Å²) in [4.78, 5) is 37.6. The smallest absolute Gasteiger partial charge is 0.305 e. The highest BCUT2D eigenvalue weighted by atomic mass is 32.2. The van der Waals surface area contributed by atoms with Crippen LogP contribution in [0.3, 0.4) is 0 Å². The fourth-order valence-corrected chi connectivity index (χ4v) is 7.25. The predicted molar refractivity (Wildman–Crippen MR) is 161 cm³/mol. The molecule has 1 saturated heterocycles. The summed E-state index contributed by atoms with van der Waals surface area (Å²) in [7, 11) is -2.70. The summed E-state index contributed by atoms with van der Waals surface area (Å²) < 4.78 is 39.4. The SMILES string of the molecule is COC(=O)CCc1ccc(C#Cc2ccc(S(=O)(=O)N[C@H]3CC[C@H](C(=O)N4CCOC[C@@H]4C4CC4)CC3)cc2[N+](=O)[O-])cc1. The zero-order valence-corrected chi connectivity index (χ0v) is 25.5. The van der Waals surface area contributed by atoms with Gasteiger partial charge in [-0.3, -0.25) is 19.7 Å². The van der Waals surface area contributed by atoms with Crippen molar-refractivity contribution in [2.75, 3.05) is 26.9 Å². The number of hydrogen-bond donors (Lipinski definition) is 1. The number of nitrogens with zero attached hydrogens (tertiary/aromatic N) is 2. The molecule has 1 amide bonds. The minimum Gasteiger partial charge on any atom is -0.469 e. The van der Waals surface area contributed by atoms with E-state index >= 15 is 0 Å². The number of hydrogen-bond acceptors (Lipinski definition) is 8. The number of nitro benzene ring substituents is 1. The number of rotatable bonds is 9. The van der Waals surface area contributed by atoms with Crippen LogP contribution in [0.15, 0.2) is 47.4 Å². The topological polar surface area (TPSA) is 145 Å². The van der Waals surface area contributed by atoms with E-state index < -0.39 is 20.6 Å². The van der Waals surface area contributed by atoms with E-state index in [9.17, 15) is 28.1 Å². The van der Waals surface area contributed by atoms with Crippen LogP contribution in [-0.4, -0.2) is 69.1 Å². The maximum Gasteiger partial charge on any atom is 0.305 e. The van der Waals surface area contributed by atoms with Crippen LogP contribution in [0.4, 0.5) is 5.69 Å². The van der Waals surface area contributed by atoms with Crippen LogP contribution in [0.2, 0.25) is 0 Å². The Morgan fingerprint density at radius 2 is 1.80 bits per heavy atom. The first-order valence-corrected chi connectivity index (χ1v) is 16.5. The number of amides is 1. The van der Waals surface area contributed by atoms with E-state index in [2.05, 4.69) is 21.3 Å². The molecule has 11 nitrogen and oxygen atoms in total. The van der Waals surface area contributed by atoms with Crippen molar-refractivity contribution in [2.24, 2.45) is 11.8 Å². The summed E-state index contributed by atoms with van der Waals surface area (Å²) in [5, 5.41) is 11.8. The molecular weight excluding hydrogens is 586 g/mol. The summed E-state index contributed by atoms with van der Waals surface area (Å²) >= 11 is 0. The minimum atomic E-state index is -4.04. The second-order valence-corrected chi connectivity index (χ2v) is 13.4. The monoisotopic (exact) mass is 623 g/mol. The van der Waals surface area contributed by atoms with Crippen LogP contribution in [0.1, 0.15) is 61.6 Å². The predicted octanol–water partition coefficient (Wildman–Crippen LogP) is 3.57. The van der Waals surface area contributed by atoms with Gasteiger partial charge in [-0.1, -0.05) is 24.0 Å². The van der Waals surface area contributed by atoms with Crippen molar-refractivity contribution in [1.82, 2.24) is 9.62 Å². The molecule has 0 unspecified atom stereocenters. The lowest BCUT2D eigenvalue weighted by molar-refractivity contribution is -0.385. The Balaban J connectivity index is 1.20. The molecule has 3 fully saturated rings. The molecule has 44 heavy (non-hydrogen) atoms. The number of methoxy groups -OCH3 is 1. The first-order valence-electron chi connectivity index (χ1n) is 15.0. The summed E-state index contributed by atoms with van der Waals surface area (Å²) in [6, 6.07) is 10.6. The first kappa shape index (κ1) is 31.6. The van der Waals surface area contributed by atoms with E-state index in [0.717, 1.165) is 24.5 Å². The minimum absolute atomic E-state index is 0.0929. The molecule has 2 aliphatic carbocycles. The molecule has 12 heteroatoms. The van der Waals surface area contributed by atoms with Gasteiger partial charge in [0.05, 0.1) is 36.2 Å². The number of esters is 1. The second-order valence-electron chi connectivity index (χ2n) is 11.6. The molecule has 0 bridgehead atoms. The van der Waals surface area contributed by atoms with E-state index in [1.54, 1.807) is 12.1 Å². The standard InChI is InChI=1S/C32H37N3O8S/c1-42-31(36)17-7-23-4-2-22(3-5-23)6-8-24-13-16-28(20-29(24)35(38)39)44(40,41)33-27-14-11-26(12-15-27)32(37)34-18-19-43-21-30(34)25-9-10-25/h2-5,13,16,20,25-27,30,33H,7,9-12,14-15,17-19,21H2,1H3/t26-,27-,30-/m1/s1. The van der Waals surface area contributed by atoms with Crippen molar-refractivity contribution >= 4 is 27.6 Å². The number of ether oxygens (including phenoxy) is 2. The zero-order valence-electron chi connectivity index (χ0n) is 24.7. The molecule has 3 aliphatic rings. The van der Waals surface area contributed by atoms with Crippen LogP contribution < -0.4 is 4.72 Å². The number of carbonyl (C=O) groups is 2. The molecule has 234 valence electrons. The fourth-order valence-electron chi connectivity index (χ4n) is 5.93. The van der Waals surface area contributed by atoms with Gasteiger partial charge in [-0.05, 0) is 80.7 Å². The Morgan fingerprint density at radius 3 is 2.45 bits per heavy atom. The van der Waals surface area contributed by atoms with Gasteiger partial charge in [0.1, 0.15) is 5.56 Å². The van der Waals surface area contributed by atoms with Gasteiger partial charge in [0.25, 0.3) is 5.69 Å². The van der Waals surface area contributed by atoms with Gasteiger partial charge < -0.3 is 14.4 Å². The maximum absolute atomic E-state index is 13.3. The molecule has 1 atom stereocenters. The van der Waals surface area contributed by atoms with Crippen LogP contribution in [-0.2, 0) is 35.5 Å². The summed E-state index contributed by atoms with van der Waals surface area (Å²) in [5.74, 6) is 5.91. The number of morpholine rings is 1. The largest absolute Gasteiger partial charge is 0.469 e. The molecule has 0 aromatic heterocycles. The number of nitrogens with one attached hydrogen (secondary N) is 1. The fraction of sp³-hybridized carbons (Fsp3) is 0.500. The van der Waals surface area contributed by atoms with Crippen LogP contribution >= 0.6 is 0 Å². The number of aryl methyl sites for hydroxylation is 1. The molecule has 2 aromatic carbocycles. The Kier molecular flexibility index (Phi) is 9.98. The number of nitro groups is 1. The average Bonchev–Trinajstić information content (AvgIpc) is 3.88. The molecule has 2 saturated carbocycles. The van der Waals surface area contributed by atoms with Gasteiger partial charge in [-0.2, -0.15) is 0 Å². The Bertz CT molecular complexity index is 1550. The molecule has 1 N–H and O–H groups in total. The van der Waals surface area contributed by atoms with Crippen molar-refractivity contribution in [3.8, 4) is 11.8 Å². The van der Waals surface area contributed by atoms with Crippen molar-refractivity contribution in [2.45, 2.75) is 68.3 Å². The van der Waals surface area contributed by atoms with E-state index in [1.807, 2.05) is 17.0 Å². The summed E-state index contributed by atoms with van der Waals surface area (Å²) in [6.07, 6.45) is 5.24. The summed E-state index contributed by atoms with van der Waals surface area (Å²) in [6.45, 7) is 1.75. The lowest BCUT2D eigenvalue weighted by Gasteiger charge is -2.39. The quantitative estimate of drug-likeness (QED) is 0.193. The van der Waals surface area contributed by atoms with Crippen molar-refractivity contribution in [3.05, 3.63) is 69.3 Å². The van der Waals surface area contributed by atoms with Crippen LogP contribution in [0.5, 0.6) is 0 Å². The van der Waals surface area contributed by atoms with Gasteiger partial charge in [-0.25, -0.2) is 13.1 Å². The first-order chi connectivity index (χ1) is 21.1. The third-order valence-corrected chi connectivity index (χ3v) is 10.1. The molecule has 1 heterocycles. The van der Waals surface area contributed by atoms with E-state index in [4.69, 9.17) is 4.74 Å². The second kappa shape index (κ2) is 13.9. The highest BCUT2D eigenvalue weighted by Crippen LogP contribution is 2.38. The van der Waals surface area contributed by atoms with E-state index in [1.165, 1.54) is 19.2 Å². The normalized spacial score (nSPS) is 22.0. The van der Waals surface area contributed by atoms with Gasteiger partial charge in [0.2, 0.25) is 15.9 Å². The third kappa shape index (κ3) is 7.83. The van der Waals surface area contributed by atoms with Gasteiger partial charge >= 0.3 is 5.97 Å². The average molecular weight is 624 g/mol. The van der Waals surface area contributed by atoms with E-state index in [0.29, 0.717) is 63.3 Å². The molecule has 0 radical (unpaired) electrons. The molecule has 0 spiro atoms. The Labute approximate surface area is 257 Å². The van der Waals surface area contributed by atoms with Gasteiger partial charge in [0, 0.05) is 36.6 Å². The zero-order chi connectivity index (χ0) is 31.3. The highest BCUT2D eigenvalue weighted by molar-refractivity contribution is 7.89. The van der Waals surface area contributed by atoms with Crippen molar-refractivity contribution in [3.63, 3.8) is 0 Å². The third-order valence-electron chi connectivity index (χ3n) is 8.63. The van der Waals surface area contributed by atoms with Crippen LogP contribution in [0.25, 0.3) is 0 Å². The maximum atomic E-state index is 13.3. The van der Waals surface area contributed by atoms with Crippen molar-refractivity contribution in [1.29, 1.82) is 0 Å². The molecule has 1 aliphatic heterocycles. The highest BCUT2D eigenvalue weighted by Gasteiger charge is 2.41. The lowest BCUT2D eigenvalue weighted by Crippen LogP contribution is -2.52. The summed E-state index contributed by atoms with van der Waals surface area (Å²) in [5.41, 5.74) is 1.23. The van der Waals surface area contributed by atoms with Gasteiger partial charge in [0.15, 0.2) is 0 Å². The van der Waals surface area contributed by atoms with Gasteiger partial charge in [-0.15, -0.1) is 0 Å². The Morgan fingerprint density at radius 1 is 1.07 bits per heavy atom. The number of benzene rings is 2. The van der Waals surface area contributed by atoms with Crippen LogP contribution in [0, 0.1) is 33.8 Å². The molecule has 2 aromatic rings. The van der Waals surface area contributed by atoms with Crippen molar-refractivity contribution < 1.29 is 32.4 Å². The molecule has 5 rings (SSSR count). The number of sulfonamides is 1. The Hall–Kier alpha value is -3.79. The van der Waals surface area contributed by atoms with E-state index in [-0.39, 0.29) is 46.8 Å². The number of carbonyl (C=O) groups excluding carboxylic acids is 2.